The Labute approximate surface area is 185 Å². The Morgan fingerprint density at radius 1 is 1.10 bits per heavy atom. The lowest BCUT2D eigenvalue weighted by Gasteiger charge is -2.08. The molecule has 0 radical (unpaired) electrons. The quantitative estimate of drug-likeness (QED) is 0.367. The van der Waals surface area contributed by atoms with E-state index in [1.807, 2.05) is 18.2 Å². The summed E-state index contributed by atoms with van der Waals surface area (Å²) in [5, 5.41) is 11.3. The number of rotatable bonds is 7. The van der Waals surface area contributed by atoms with Crippen LogP contribution in [0.4, 0.5) is 10.2 Å². The molecule has 2 N–H and O–H groups in total. The van der Waals surface area contributed by atoms with Crippen LogP contribution in [0.15, 0.2) is 61.1 Å². The average Bonchev–Trinajstić information content (AvgIpc) is 3.17. The summed E-state index contributed by atoms with van der Waals surface area (Å²) in [5.74, 6) is 0.268. The molecule has 4 aromatic rings. The van der Waals surface area contributed by atoms with Crippen LogP contribution in [0.3, 0.4) is 0 Å². The van der Waals surface area contributed by atoms with Gasteiger partial charge in [-0.15, -0.1) is 0 Å². The van der Waals surface area contributed by atoms with Gasteiger partial charge in [-0.3, -0.25) is 4.79 Å². The van der Waals surface area contributed by atoms with Gasteiger partial charge in [0, 0.05) is 16.7 Å². The molecule has 0 atom stereocenters. The zero-order chi connectivity index (χ0) is 20.9. The second-order valence-electron chi connectivity index (χ2n) is 6.54. The molecule has 7 nitrogen and oxygen atoms in total. The molecular formula is C21H18FIN6O. The fourth-order valence-corrected chi connectivity index (χ4v) is 3.63. The van der Waals surface area contributed by atoms with Gasteiger partial charge in [-0.2, -0.15) is 5.10 Å². The number of hydrogen-bond acceptors (Lipinski definition) is 5. The molecule has 30 heavy (non-hydrogen) atoms. The normalized spacial score (nSPS) is 10.9. The van der Waals surface area contributed by atoms with Gasteiger partial charge in [0.2, 0.25) is 0 Å². The van der Waals surface area contributed by atoms with Crippen LogP contribution in [-0.2, 0) is 13.1 Å². The molecule has 0 aliphatic heterocycles. The highest BCUT2D eigenvalue weighted by molar-refractivity contribution is 14.1. The third-order valence-corrected chi connectivity index (χ3v) is 5.48. The first kappa shape index (κ1) is 20.2. The Bertz CT molecular complexity index is 1180. The maximum absolute atomic E-state index is 13.1. The van der Waals surface area contributed by atoms with Crippen LogP contribution in [0.1, 0.15) is 15.9 Å². The van der Waals surface area contributed by atoms with Crippen LogP contribution in [0.2, 0.25) is 0 Å². The smallest absolute Gasteiger partial charge is 0.252 e. The molecule has 2 aromatic heterocycles. The van der Waals surface area contributed by atoms with E-state index in [0.29, 0.717) is 36.7 Å². The molecule has 2 heterocycles. The molecule has 0 bridgehead atoms. The van der Waals surface area contributed by atoms with E-state index >= 15 is 0 Å². The van der Waals surface area contributed by atoms with E-state index in [4.69, 9.17) is 0 Å². The van der Waals surface area contributed by atoms with E-state index in [-0.39, 0.29) is 11.7 Å². The highest BCUT2D eigenvalue weighted by atomic mass is 127. The summed E-state index contributed by atoms with van der Waals surface area (Å²) in [6.45, 7) is 1.40. The first-order chi connectivity index (χ1) is 14.6. The lowest BCUT2D eigenvalue weighted by atomic mass is 10.2. The lowest BCUT2D eigenvalue weighted by Crippen LogP contribution is -2.28. The number of halogens is 2. The van der Waals surface area contributed by atoms with Crippen molar-refractivity contribution in [1.29, 1.82) is 0 Å². The van der Waals surface area contributed by atoms with Gasteiger partial charge < -0.3 is 10.6 Å². The fraction of sp³-hybridized carbons (Fsp3) is 0.143. The number of benzene rings is 2. The van der Waals surface area contributed by atoms with Gasteiger partial charge in [0.15, 0.2) is 5.65 Å². The number of carbonyl (C=O) groups excluding carboxylic acids is 1. The Morgan fingerprint density at radius 3 is 2.70 bits per heavy atom. The Hall–Kier alpha value is -3.08. The van der Waals surface area contributed by atoms with Crippen LogP contribution in [0.25, 0.3) is 11.0 Å². The van der Waals surface area contributed by atoms with Gasteiger partial charge >= 0.3 is 0 Å². The Balaban J connectivity index is 1.41. The molecule has 0 saturated carbocycles. The zero-order valence-electron chi connectivity index (χ0n) is 15.8. The van der Waals surface area contributed by atoms with Crippen LogP contribution >= 0.6 is 22.6 Å². The van der Waals surface area contributed by atoms with Crippen molar-refractivity contribution in [2.45, 2.75) is 13.1 Å². The first-order valence-electron chi connectivity index (χ1n) is 9.29. The number of fused-ring (bicyclic) bond motifs is 1. The van der Waals surface area contributed by atoms with Gasteiger partial charge in [0.05, 0.1) is 23.7 Å². The number of anilines is 1. The van der Waals surface area contributed by atoms with E-state index in [2.05, 4.69) is 48.3 Å². The van der Waals surface area contributed by atoms with Crippen molar-refractivity contribution >= 4 is 45.3 Å². The van der Waals surface area contributed by atoms with E-state index in [1.165, 1.54) is 18.5 Å². The maximum atomic E-state index is 13.1. The highest BCUT2D eigenvalue weighted by Gasteiger charge is 2.11. The van der Waals surface area contributed by atoms with Crippen LogP contribution in [0, 0.1) is 9.39 Å². The maximum Gasteiger partial charge on any atom is 0.252 e. The van der Waals surface area contributed by atoms with E-state index in [1.54, 1.807) is 29.1 Å². The van der Waals surface area contributed by atoms with Crippen molar-refractivity contribution in [3.05, 3.63) is 81.6 Å². The third-order valence-electron chi connectivity index (χ3n) is 4.53. The predicted octanol–water partition coefficient (Wildman–Crippen LogP) is 3.61. The lowest BCUT2D eigenvalue weighted by molar-refractivity contribution is 0.0951. The largest absolute Gasteiger partial charge is 0.365 e. The van der Waals surface area contributed by atoms with Gasteiger partial charge in [-0.1, -0.05) is 24.3 Å². The summed E-state index contributed by atoms with van der Waals surface area (Å²) < 4.78 is 15.7. The van der Waals surface area contributed by atoms with Gasteiger partial charge in [-0.25, -0.2) is 19.0 Å². The number of nitrogens with one attached hydrogen (secondary N) is 2. The van der Waals surface area contributed by atoms with Crippen molar-refractivity contribution in [3.63, 3.8) is 0 Å². The number of nitrogens with zero attached hydrogens (tertiary/aromatic N) is 4. The molecule has 0 fully saturated rings. The van der Waals surface area contributed by atoms with Crippen molar-refractivity contribution in [3.8, 4) is 0 Å². The third kappa shape index (κ3) is 4.56. The van der Waals surface area contributed by atoms with Gasteiger partial charge in [0.25, 0.3) is 5.91 Å². The van der Waals surface area contributed by atoms with Crippen molar-refractivity contribution in [1.82, 2.24) is 25.1 Å². The van der Waals surface area contributed by atoms with Crippen molar-refractivity contribution < 1.29 is 9.18 Å². The molecular weight excluding hydrogens is 498 g/mol. The van der Waals surface area contributed by atoms with Gasteiger partial charge in [0.1, 0.15) is 18.0 Å². The second kappa shape index (κ2) is 9.16. The molecule has 0 aliphatic rings. The predicted molar refractivity (Wildman–Crippen MR) is 121 cm³/mol. The van der Waals surface area contributed by atoms with Gasteiger partial charge in [-0.05, 0) is 52.4 Å². The minimum absolute atomic E-state index is 0.118. The summed E-state index contributed by atoms with van der Waals surface area (Å²) in [7, 11) is 0. The summed E-state index contributed by atoms with van der Waals surface area (Å²) in [5.41, 5.74) is 2.27. The standard InChI is InChI=1S/C21H18FIN6O/c22-15-7-5-14(6-8-15)11-25-19-17-12-28-29(20(17)27-13-26-19)10-9-24-21(30)16-3-1-2-4-18(16)23/h1-8,12-13H,9-11H2,(H,24,30)(H,25,26,27). The molecule has 0 saturated heterocycles. The van der Waals surface area contributed by atoms with E-state index in [9.17, 15) is 9.18 Å². The number of hydrogen-bond donors (Lipinski definition) is 2. The fourth-order valence-electron chi connectivity index (χ4n) is 3.00. The zero-order valence-corrected chi connectivity index (χ0v) is 18.0. The first-order valence-corrected chi connectivity index (χ1v) is 10.4. The summed E-state index contributed by atoms with van der Waals surface area (Å²) in [6, 6.07) is 13.7. The Kier molecular flexibility index (Phi) is 6.17. The van der Waals surface area contributed by atoms with E-state index in [0.717, 1.165) is 14.5 Å². The number of aromatic nitrogens is 4. The van der Waals surface area contributed by atoms with Crippen molar-refractivity contribution in [2.24, 2.45) is 0 Å². The molecule has 2 aromatic carbocycles. The Morgan fingerprint density at radius 2 is 1.90 bits per heavy atom. The molecule has 0 aliphatic carbocycles. The minimum atomic E-state index is -0.265. The monoisotopic (exact) mass is 516 g/mol. The average molecular weight is 516 g/mol. The molecule has 4 rings (SSSR count). The molecule has 152 valence electrons. The highest BCUT2D eigenvalue weighted by Crippen LogP contribution is 2.19. The topological polar surface area (TPSA) is 84.7 Å². The molecule has 9 heteroatoms. The van der Waals surface area contributed by atoms with Crippen LogP contribution in [-0.4, -0.2) is 32.2 Å². The summed E-state index contributed by atoms with van der Waals surface area (Å²) >= 11 is 2.15. The van der Waals surface area contributed by atoms with Crippen LogP contribution in [0.5, 0.6) is 0 Å². The van der Waals surface area contributed by atoms with Crippen molar-refractivity contribution in [2.75, 3.05) is 11.9 Å². The minimum Gasteiger partial charge on any atom is -0.365 e. The molecule has 1 amide bonds. The van der Waals surface area contributed by atoms with E-state index < -0.39 is 0 Å². The number of carbonyl (C=O) groups is 1. The molecule has 0 unspecified atom stereocenters. The molecule has 0 spiro atoms. The second-order valence-corrected chi connectivity index (χ2v) is 7.71. The SMILES string of the molecule is O=C(NCCn1ncc2c(NCc3ccc(F)cc3)ncnc21)c1ccccc1I. The number of amides is 1. The summed E-state index contributed by atoms with van der Waals surface area (Å²) in [4.78, 5) is 21.0. The van der Waals surface area contributed by atoms with Crippen LogP contribution < -0.4 is 10.6 Å². The summed E-state index contributed by atoms with van der Waals surface area (Å²) in [6.07, 6.45) is 3.17.